The molecule has 2 amide bonds. The molecule has 1 aliphatic heterocycles. The van der Waals surface area contributed by atoms with Crippen LogP contribution in [0.5, 0.6) is 0 Å². The van der Waals surface area contributed by atoms with Crippen molar-refractivity contribution in [2.75, 3.05) is 25.1 Å². The van der Waals surface area contributed by atoms with Crippen molar-refractivity contribution in [2.24, 2.45) is 0 Å². The molecule has 1 aromatic rings. The molecule has 0 bridgehead atoms. The summed E-state index contributed by atoms with van der Waals surface area (Å²) in [6, 6.07) is 0.328. The number of ether oxygens (including phenoxy) is 1. The maximum atomic E-state index is 11.5. The number of amides is 2. The molecule has 1 fully saturated rings. The summed E-state index contributed by atoms with van der Waals surface area (Å²) in [5.41, 5.74) is 0.641. The maximum Gasteiger partial charge on any atom is 0.243 e. The third-order valence-electron chi connectivity index (χ3n) is 2.95. The van der Waals surface area contributed by atoms with E-state index >= 15 is 0 Å². The number of carbonyl (C=O) groups excluding carboxylic acids is 2. The molecule has 1 saturated heterocycles. The van der Waals surface area contributed by atoms with Gasteiger partial charge in [-0.25, -0.2) is 0 Å². The summed E-state index contributed by atoms with van der Waals surface area (Å²) in [5, 5.41) is 9.38. The third kappa shape index (κ3) is 4.06. The monoisotopic (exact) mass is 266 g/mol. The summed E-state index contributed by atoms with van der Waals surface area (Å²) < 4.78 is 7.15. The van der Waals surface area contributed by atoms with Crippen LogP contribution in [0.1, 0.15) is 25.8 Å². The summed E-state index contributed by atoms with van der Waals surface area (Å²) >= 11 is 0. The smallest absolute Gasteiger partial charge is 0.243 e. The molecule has 0 atom stereocenters. The molecule has 0 aliphatic carbocycles. The van der Waals surface area contributed by atoms with Gasteiger partial charge in [0.2, 0.25) is 11.8 Å². The molecule has 7 heteroatoms. The average Bonchev–Trinajstić information content (AvgIpc) is 2.86. The van der Waals surface area contributed by atoms with E-state index in [1.165, 1.54) is 6.92 Å². The van der Waals surface area contributed by atoms with Gasteiger partial charge in [0.1, 0.15) is 0 Å². The number of anilines is 1. The lowest BCUT2D eigenvalue weighted by atomic mass is 10.1. The van der Waals surface area contributed by atoms with Crippen molar-refractivity contribution in [2.45, 2.75) is 25.8 Å². The molecule has 0 saturated carbocycles. The number of nitrogens with one attached hydrogen (secondary N) is 2. The second-order valence-corrected chi connectivity index (χ2v) is 4.51. The van der Waals surface area contributed by atoms with Gasteiger partial charge in [-0.3, -0.25) is 14.3 Å². The number of carbonyl (C=O) groups is 2. The lowest BCUT2D eigenvalue weighted by Gasteiger charge is -2.22. The Hall–Kier alpha value is -1.89. The second-order valence-electron chi connectivity index (χ2n) is 4.51. The summed E-state index contributed by atoms with van der Waals surface area (Å²) in [5.74, 6) is -0.491. The van der Waals surface area contributed by atoms with Crippen molar-refractivity contribution in [1.29, 1.82) is 0 Å². The molecule has 0 spiro atoms. The highest BCUT2D eigenvalue weighted by atomic mass is 16.5. The molecule has 1 aromatic heterocycles. The summed E-state index contributed by atoms with van der Waals surface area (Å²) in [6.07, 6.45) is 5.28. The van der Waals surface area contributed by atoms with E-state index in [-0.39, 0.29) is 18.4 Å². The normalized spacial score (nSPS) is 16.1. The van der Waals surface area contributed by atoms with Crippen molar-refractivity contribution in [3.63, 3.8) is 0 Å². The zero-order valence-corrected chi connectivity index (χ0v) is 10.9. The van der Waals surface area contributed by atoms with Crippen LogP contribution < -0.4 is 10.6 Å². The lowest BCUT2D eigenvalue weighted by molar-refractivity contribution is -0.122. The second kappa shape index (κ2) is 6.33. The SMILES string of the molecule is CC(=O)NCC(=O)Nc1cnn(C2CCOCC2)c1. The van der Waals surface area contributed by atoms with Crippen LogP contribution in [0.25, 0.3) is 0 Å². The standard InChI is InChI=1S/C12H18N4O3/c1-9(17)13-7-12(18)15-10-6-14-16(8-10)11-2-4-19-5-3-11/h6,8,11H,2-5,7H2,1H3,(H,13,17)(H,15,18). The van der Waals surface area contributed by atoms with E-state index in [0.717, 1.165) is 26.1 Å². The van der Waals surface area contributed by atoms with Gasteiger partial charge in [0.15, 0.2) is 0 Å². The van der Waals surface area contributed by atoms with Gasteiger partial charge in [-0.2, -0.15) is 5.10 Å². The van der Waals surface area contributed by atoms with Crippen molar-refractivity contribution in [3.05, 3.63) is 12.4 Å². The number of hydrogen-bond donors (Lipinski definition) is 2. The van der Waals surface area contributed by atoms with Gasteiger partial charge >= 0.3 is 0 Å². The molecule has 19 heavy (non-hydrogen) atoms. The Morgan fingerprint density at radius 1 is 1.47 bits per heavy atom. The molecule has 104 valence electrons. The predicted molar refractivity (Wildman–Crippen MR) is 68.6 cm³/mol. The number of rotatable bonds is 4. The lowest BCUT2D eigenvalue weighted by Crippen LogP contribution is -2.31. The van der Waals surface area contributed by atoms with E-state index in [1.807, 2.05) is 10.9 Å². The molecule has 0 aromatic carbocycles. The van der Waals surface area contributed by atoms with Crippen molar-refractivity contribution in [3.8, 4) is 0 Å². The highest BCUT2D eigenvalue weighted by Crippen LogP contribution is 2.21. The Bertz CT molecular complexity index is 452. The Labute approximate surface area is 111 Å². The van der Waals surface area contributed by atoms with Crippen LogP contribution >= 0.6 is 0 Å². The van der Waals surface area contributed by atoms with E-state index < -0.39 is 0 Å². The van der Waals surface area contributed by atoms with E-state index in [1.54, 1.807) is 6.20 Å². The van der Waals surface area contributed by atoms with Crippen molar-refractivity contribution >= 4 is 17.5 Å². The van der Waals surface area contributed by atoms with Gasteiger partial charge in [-0.05, 0) is 12.8 Å². The molecule has 0 radical (unpaired) electrons. The minimum absolute atomic E-state index is 0.0300. The predicted octanol–water partition coefficient (Wildman–Crippen LogP) is 0.309. The minimum atomic E-state index is -0.262. The Kier molecular flexibility index (Phi) is 4.51. The molecular weight excluding hydrogens is 248 g/mol. The molecule has 7 nitrogen and oxygen atoms in total. The number of nitrogens with zero attached hydrogens (tertiary/aromatic N) is 2. The number of aromatic nitrogens is 2. The zero-order chi connectivity index (χ0) is 13.7. The van der Waals surface area contributed by atoms with E-state index in [0.29, 0.717) is 11.7 Å². The fraction of sp³-hybridized carbons (Fsp3) is 0.583. The van der Waals surface area contributed by atoms with Gasteiger partial charge in [0.05, 0.1) is 24.5 Å². The molecule has 1 aliphatic rings. The fourth-order valence-corrected chi connectivity index (χ4v) is 1.96. The quantitative estimate of drug-likeness (QED) is 0.821. The van der Waals surface area contributed by atoms with Crippen molar-refractivity contribution < 1.29 is 14.3 Å². The fourth-order valence-electron chi connectivity index (χ4n) is 1.96. The Balaban J connectivity index is 1.86. The third-order valence-corrected chi connectivity index (χ3v) is 2.95. The van der Waals surface area contributed by atoms with Crippen LogP contribution in [0.4, 0.5) is 5.69 Å². The summed E-state index contributed by atoms with van der Waals surface area (Å²) in [6.45, 7) is 2.83. The van der Waals surface area contributed by atoms with E-state index in [2.05, 4.69) is 15.7 Å². The van der Waals surface area contributed by atoms with Gasteiger partial charge in [0.25, 0.3) is 0 Å². The van der Waals surface area contributed by atoms with Crippen molar-refractivity contribution in [1.82, 2.24) is 15.1 Å². The summed E-state index contributed by atoms with van der Waals surface area (Å²) in [7, 11) is 0. The van der Waals surface area contributed by atoms with E-state index in [9.17, 15) is 9.59 Å². The van der Waals surface area contributed by atoms with E-state index in [4.69, 9.17) is 4.74 Å². The molecule has 2 heterocycles. The van der Waals surface area contributed by atoms with Crippen LogP contribution in [0.15, 0.2) is 12.4 Å². The van der Waals surface area contributed by atoms with Crippen LogP contribution in [-0.2, 0) is 14.3 Å². The molecule has 2 N–H and O–H groups in total. The first-order valence-corrected chi connectivity index (χ1v) is 6.31. The molecular formula is C12H18N4O3. The number of hydrogen-bond acceptors (Lipinski definition) is 4. The highest BCUT2D eigenvalue weighted by Gasteiger charge is 2.16. The largest absolute Gasteiger partial charge is 0.381 e. The maximum absolute atomic E-state index is 11.5. The molecule has 0 unspecified atom stereocenters. The van der Waals surface area contributed by atoms with Gasteiger partial charge in [-0.15, -0.1) is 0 Å². The van der Waals surface area contributed by atoms with Crippen LogP contribution in [-0.4, -0.2) is 41.4 Å². The summed E-state index contributed by atoms with van der Waals surface area (Å²) in [4.78, 5) is 22.2. The minimum Gasteiger partial charge on any atom is -0.381 e. The van der Waals surface area contributed by atoms with Gasteiger partial charge < -0.3 is 15.4 Å². The van der Waals surface area contributed by atoms with Gasteiger partial charge in [0, 0.05) is 26.3 Å². The zero-order valence-electron chi connectivity index (χ0n) is 10.9. The van der Waals surface area contributed by atoms with Crippen LogP contribution in [0, 0.1) is 0 Å². The first kappa shape index (κ1) is 13.5. The topological polar surface area (TPSA) is 85.3 Å². The Morgan fingerprint density at radius 2 is 2.21 bits per heavy atom. The first-order valence-electron chi connectivity index (χ1n) is 6.31. The molecule has 2 rings (SSSR count). The van der Waals surface area contributed by atoms with Gasteiger partial charge in [-0.1, -0.05) is 0 Å². The Morgan fingerprint density at radius 3 is 2.89 bits per heavy atom. The first-order chi connectivity index (χ1) is 9.15. The van der Waals surface area contributed by atoms with Crippen LogP contribution in [0.2, 0.25) is 0 Å². The highest BCUT2D eigenvalue weighted by molar-refractivity contribution is 5.93. The average molecular weight is 266 g/mol. The van der Waals surface area contributed by atoms with Crippen LogP contribution in [0.3, 0.4) is 0 Å².